The van der Waals surface area contributed by atoms with Crippen LogP contribution in [0.5, 0.6) is 0 Å². The fourth-order valence-electron chi connectivity index (χ4n) is 0.231. The average molecular weight is 196 g/mol. The number of aliphatic hydroxyl groups excluding tert-OH is 3. The van der Waals surface area contributed by atoms with Gasteiger partial charge in [0.2, 0.25) is 0 Å². The largest absolute Gasteiger partial charge is 0.394 e. The summed E-state index contributed by atoms with van der Waals surface area (Å²) >= 11 is 0. The molecular formula is C8H20O5. The first kappa shape index (κ1) is 15.3. The maximum atomic E-state index is 8.58. The van der Waals surface area contributed by atoms with Crippen molar-refractivity contribution in [3.8, 4) is 0 Å². The molecule has 82 valence electrons. The molecule has 0 rings (SSSR count). The highest BCUT2D eigenvalue weighted by Gasteiger charge is 2.07. The molecule has 0 amide bonds. The third-order valence-corrected chi connectivity index (χ3v) is 0.858. The van der Waals surface area contributed by atoms with Crippen molar-refractivity contribution in [1.29, 1.82) is 0 Å². The highest BCUT2D eigenvalue weighted by molar-refractivity contribution is 4.59. The zero-order valence-corrected chi connectivity index (χ0v) is 8.23. The molecule has 5 nitrogen and oxygen atoms in total. The molecule has 0 saturated carbocycles. The summed E-state index contributed by atoms with van der Waals surface area (Å²) in [6.07, 6.45) is 0. The van der Waals surface area contributed by atoms with Gasteiger partial charge in [-0.05, 0) is 13.8 Å². The second-order valence-corrected chi connectivity index (χ2v) is 3.03. The lowest BCUT2D eigenvalue weighted by Crippen LogP contribution is -2.23. The molecule has 0 spiro atoms. The molecule has 0 bridgehead atoms. The molecule has 0 radical (unpaired) electrons. The molecule has 0 fully saturated rings. The van der Waals surface area contributed by atoms with Crippen molar-refractivity contribution in [1.82, 2.24) is 0 Å². The molecule has 0 aromatic carbocycles. The minimum atomic E-state index is -0.903. The monoisotopic (exact) mass is 196 g/mol. The molecule has 0 aliphatic carbocycles. The number of aliphatic hydroxyl groups is 4. The quantitative estimate of drug-likeness (QED) is 0.412. The van der Waals surface area contributed by atoms with Crippen molar-refractivity contribution < 1.29 is 25.2 Å². The van der Waals surface area contributed by atoms with E-state index in [9.17, 15) is 0 Å². The van der Waals surface area contributed by atoms with Gasteiger partial charge in [0.25, 0.3) is 0 Å². The van der Waals surface area contributed by atoms with Gasteiger partial charge in [-0.15, -0.1) is 0 Å². The Labute approximate surface area is 78.6 Å². The molecule has 0 aromatic heterocycles. The Balaban J connectivity index is 0. The van der Waals surface area contributed by atoms with Gasteiger partial charge in [0.15, 0.2) is 0 Å². The lowest BCUT2D eigenvalue weighted by molar-refractivity contribution is 0.0183. The smallest absolute Gasteiger partial charge is 0.0821 e. The molecule has 0 aliphatic heterocycles. The van der Waals surface area contributed by atoms with Gasteiger partial charge >= 0.3 is 0 Å². The third kappa shape index (κ3) is 24.5. The molecule has 5 heteroatoms. The second kappa shape index (κ2) is 9.88. The van der Waals surface area contributed by atoms with Crippen LogP contribution in [-0.4, -0.2) is 59.1 Å². The maximum Gasteiger partial charge on any atom is 0.0821 e. The Kier molecular flexibility index (Phi) is 11.6. The number of rotatable bonds is 5. The van der Waals surface area contributed by atoms with Gasteiger partial charge in [-0.3, -0.25) is 0 Å². The van der Waals surface area contributed by atoms with E-state index in [0.29, 0.717) is 13.2 Å². The molecule has 0 heterocycles. The van der Waals surface area contributed by atoms with Crippen LogP contribution in [0.15, 0.2) is 0 Å². The van der Waals surface area contributed by atoms with Crippen molar-refractivity contribution in [2.75, 3.05) is 33.0 Å². The van der Waals surface area contributed by atoms with Gasteiger partial charge in [0.05, 0.1) is 38.6 Å². The standard InChI is InChI=1S/C4H10O3.C4H10O2/c5-1-3-7-4-2-6;1-4(2,6)3-5/h5-6H,1-4H2;5-6H,3H2,1-2H3. The molecule has 0 saturated heterocycles. The summed E-state index contributed by atoms with van der Waals surface area (Å²) < 4.78 is 4.63. The van der Waals surface area contributed by atoms with Gasteiger partial charge in [-0.1, -0.05) is 0 Å². The Morgan fingerprint density at radius 3 is 1.46 bits per heavy atom. The predicted octanol–water partition coefficient (Wildman–Crippen LogP) is -1.26. The van der Waals surface area contributed by atoms with Crippen molar-refractivity contribution >= 4 is 0 Å². The fraction of sp³-hybridized carbons (Fsp3) is 1.00. The first-order valence-corrected chi connectivity index (χ1v) is 4.10. The van der Waals surface area contributed by atoms with Crippen molar-refractivity contribution in [2.24, 2.45) is 0 Å². The molecule has 0 unspecified atom stereocenters. The summed E-state index contributed by atoms with van der Waals surface area (Å²) in [5, 5.41) is 32.9. The van der Waals surface area contributed by atoms with Crippen LogP contribution in [0.3, 0.4) is 0 Å². The van der Waals surface area contributed by atoms with Crippen LogP contribution in [0, 0.1) is 0 Å². The average Bonchev–Trinajstić information content (AvgIpc) is 2.06. The minimum absolute atomic E-state index is 0.0278. The van der Waals surface area contributed by atoms with Crippen LogP contribution in [0.4, 0.5) is 0 Å². The van der Waals surface area contributed by atoms with E-state index in [2.05, 4.69) is 4.74 Å². The summed E-state index contributed by atoms with van der Waals surface area (Å²) in [6.45, 7) is 3.62. The van der Waals surface area contributed by atoms with Crippen LogP contribution in [0.2, 0.25) is 0 Å². The molecule has 0 aromatic rings. The van der Waals surface area contributed by atoms with E-state index in [0.717, 1.165) is 0 Å². The van der Waals surface area contributed by atoms with E-state index in [1.807, 2.05) is 0 Å². The lowest BCUT2D eigenvalue weighted by atomic mass is 10.2. The van der Waals surface area contributed by atoms with E-state index in [4.69, 9.17) is 20.4 Å². The summed E-state index contributed by atoms with van der Waals surface area (Å²) in [5.41, 5.74) is -0.903. The van der Waals surface area contributed by atoms with Crippen molar-refractivity contribution in [3.63, 3.8) is 0 Å². The van der Waals surface area contributed by atoms with Gasteiger partial charge < -0.3 is 25.2 Å². The fourth-order valence-corrected chi connectivity index (χ4v) is 0.231. The van der Waals surface area contributed by atoms with E-state index in [-0.39, 0.29) is 19.8 Å². The van der Waals surface area contributed by atoms with E-state index in [1.54, 1.807) is 13.8 Å². The molecular weight excluding hydrogens is 176 g/mol. The topological polar surface area (TPSA) is 90.2 Å². The zero-order valence-electron chi connectivity index (χ0n) is 8.23. The van der Waals surface area contributed by atoms with Gasteiger partial charge in [0.1, 0.15) is 0 Å². The highest BCUT2D eigenvalue weighted by Crippen LogP contribution is 1.95. The highest BCUT2D eigenvalue weighted by atomic mass is 16.5. The summed E-state index contributed by atoms with van der Waals surface area (Å²) in [7, 11) is 0. The van der Waals surface area contributed by atoms with Crippen molar-refractivity contribution in [2.45, 2.75) is 19.4 Å². The number of hydrogen-bond acceptors (Lipinski definition) is 5. The second-order valence-electron chi connectivity index (χ2n) is 3.03. The summed E-state index contributed by atoms with van der Waals surface area (Å²) in [4.78, 5) is 0. The Morgan fingerprint density at radius 2 is 1.31 bits per heavy atom. The Morgan fingerprint density at radius 1 is 1.00 bits per heavy atom. The maximum absolute atomic E-state index is 8.58. The summed E-state index contributed by atoms with van der Waals surface area (Å²) in [5.74, 6) is 0. The number of hydrogen-bond donors (Lipinski definition) is 4. The predicted molar refractivity (Wildman–Crippen MR) is 48.4 cm³/mol. The van der Waals surface area contributed by atoms with E-state index >= 15 is 0 Å². The van der Waals surface area contributed by atoms with Crippen LogP contribution >= 0.6 is 0 Å². The first-order chi connectivity index (χ1) is 5.97. The molecule has 4 N–H and O–H groups in total. The van der Waals surface area contributed by atoms with Gasteiger partial charge in [-0.25, -0.2) is 0 Å². The van der Waals surface area contributed by atoms with E-state index in [1.165, 1.54) is 0 Å². The van der Waals surface area contributed by atoms with E-state index < -0.39 is 5.60 Å². The first-order valence-electron chi connectivity index (χ1n) is 4.10. The van der Waals surface area contributed by atoms with Crippen LogP contribution in [0.1, 0.15) is 13.8 Å². The SMILES string of the molecule is CC(C)(O)CO.OCCOCCO. The zero-order chi connectivity index (χ0) is 10.7. The summed E-state index contributed by atoms with van der Waals surface area (Å²) in [6, 6.07) is 0. The lowest BCUT2D eigenvalue weighted by Gasteiger charge is -2.10. The van der Waals surface area contributed by atoms with Crippen molar-refractivity contribution in [3.05, 3.63) is 0 Å². The van der Waals surface area contributed by atoms with Crippen LogP contribution < -0.4 is 0 Å². The molecule has 0 atom stereocenters. The Bertz CT molecular complexity index is 85.0. The normalized spacial score (nSPS) is 10.6. The van der Waals surface area contributed by atoms with Gasteiger partial charge in [-0.2, -0.15) is 0 Å². The molecule has 13 heavy (non-hydrogen) atoms. The molecule has 0 aliphatic rings. The van der Waals surface area contributed by atoms with Gasteiger partial charge in [0, 0.05) is 0 Å². The number of ether oxygens (including phenoxy) is 1. The van der Waals surface area contributed by atoms with Crippen LogP contribution in [0.25, 0.3) is 0 Å². The Hall–Kier alpha value is -0.200. The van der Waals surface area contributed by atoms with Crippen LogP contribution in [-0.2, 0) is 4.74 Å². The third-order valence-electron chi connectivity index (χ3n) is 0.858. The minimum Gasteiger partial charge on any atom is -0.394 e.